The van der Waals surface area contributed by atoms with Crippen LogP contribution in [0.3, 0.4) is 0 Å². The molecule has 1 aromatic rings. The summed E-state index contributed by atoms with van der Waals surface area (Å²) in [6.45, 7) is 0. The van der Waals surface area contributed by atoms with Crippen molar-refractivity contribution in [1.82, 2.24) is 0 Å². The van der Waals surface area contributed by atoms with Crippen molar-refractivity contribution in [3.8, 4) is 0 Å². The van der Waals surface area contributed by atoms with Crippen molar-refractivity contribution in [3.05, 3.63) is 35.9 Å². The Morgan fingerprint density at radius 1 is 1.36 bits per heavy atom. The predicted molar refractivity (Wildman–Crippen MR) is 39.0 cm³/mol. The molecule has 59 valence electrons. The largest absolute Gasteiger partial charge is 0.306 e. The molecule has 0 bridgehead atoms. The van der Waals surface area contributed by atoms with Crippen LogP contribution < -0.4 is 0 Å². The first-order chi connectivity index (χ1) is 5.08. The molecule has 0 saturated carbocycles. The van der Waals surface area contributed by atoms with E-state index in [1.54, 1.807) is 12.1 Å². The van der Waals surface area contributed by atoms with Gasteiger partial charge in [0.2, 0.25) is 0 Å². The monoisotopic (exact) mass is 173 g/mol. The molecule has 2 nitrogen and oxygen atoms in total. The molecule has 1 radical (unpaired) electrons. The van der Waals surface area contributed by atoms with Gasteiger partial charge >= 0.3 is 10.2 Å². The topological polar surface area (TPSA) is 34.1 Å². The van der Waals surface area contributed by atoms with E-state index in [2.05, 4.69) is 6.07 Å². The van der Waals surface area contributed by atoms with Gasteiger partial charge in [-0.3, -0.25) is 0 Å². The molecule has 11 heavy (non-hydrogen) atoms. The molecule has 0 fully saturated rings. The van der Waals surface area contributed by atoms with Crippen molar-refractivity contribution in [2.24, 2.45) is 0 Å². The van der Waals surface area contributed by atoms with Crippen LogP contribution in [-0.4, -0.2) is 8.42 Å². The van der Waals surface area contributed by atoms with Crippen LogP contribution in [0.25, 0.3) is 0 Å². The van der Waals surface area contributed by atoms with Gasteiger partial charge < -0.3 is 0 Å². The third-order valence-electron chi connectivity index (χ3n) is 1.13. The number of halogens is 1. The summed E-state index contributed by atoms with van der Waals surface area (Å²) in [6.07, 6.45) is 0. The fourth-order valence-electron chi connectivity index (χ4n) is 0.717. The van der Waals surface area contributed by atoms with Gasteiger partial charge in [-0.2, -0.15) is 8.42 Å². The fourth-order valence-corrected chi connectivity index (χ4v) is 1.31. The number of rotatable bonds is 2. The van der Waals surface area contributed by atoms with E-state index in [1.807, 2.05) is 0 Å². The molecule has 0 amide bonds. The Kier molecular flexibility index (Phi) is 2.24. The molecule has 0 aliphatic rings. The van der Waals surface area contributed by atoms with Gasteiger partial charge in [-0.05, 0) is 11.6 Å². The first kappa shape index (κ1) is 8.20. The van der Waals surface area contributed by atoms with Gasteiger partial charge in [0, 0.05) is 0 Å². The summed E-state index contributed by atoms with van der Waals surface area (Å²) in [7, 11) is -4.39. The third kappa shape index (κ3) is 3.13. The smallest absolute Gasteiger partial charge is 0.194 e. The molecule has 0 spiro atoms. The van der Waals surface area contributed by atoms with E-state index in [9.17, 15) is 12.3 Å². The van der Waals surface area contributed by atoms with Crippen LogP contribution in [0.2, 0.25) is 0 Å². The number of hydrogen-bond acceptors (Lipinski definition) is 2. The van der Waals surface area contributed by atoms with Crippen molar-refractivity contribution in [2.75, 3.05) is 0 Å². The lowest BCUT2D eigenvalue weighted by Crippen LogP contribution is -1.95. The highest BCUT2D eigenvalue weighted by molar-refractivity contribution is 7.85. The second-order valence-electron chi connectivity index (χ2n) is 2.09. The van der Waals surface area contributed by atoms with Crippen LogP contribution in [-0.2, 0) is 16.0 Å². The van der Waals surface area contributed by atoms with Gasteiger partial charge in [0.05, 0.1) is 0 Å². The number of hydrogen-bond donors (Lipinski definition) is 0. The van der Waals surface area contributed by atoms with E-state index in [0.717, 1.165) is 0 Å². The molecule has 4 heteroatoms. The minimum Gasteiger partial charge on any atom is -0.194 e. The first-order valence-corrected chi connectivity index (χ1v) is 4.50. The van der Waals surface area contributed by atoms with Gasteiger partial charge in [-0.1, -0.05) is 24.3 Å². The van der Waals surface area contributed by atoms with Gasteiger partial charge in [0.25, 0.3) is 0 Å². The summed E-state index contributed by atoms with van der Waals surface area (Å²) in [6, 6.07) is 8.81. The normalized spacial score (nSPS) is 11.4. The van der Waals surface area contributed by atoms with Crippen LogP contribution in [0.15, 0.2) is 24.3 Å². The van der Waals surface area contributed by atoms with Crippen molar-refractivity contribution >= 4 is 10.2 Å². The maximum atomic E-state index is 12.0. The summed E-state index contributed by atoms with van der Waals surface area (Å²) in [5.74, 6) is -0.554. The van der Waals surface area contributed by atoms with Crippen LogP contribution >= 0.6 is 0 Å². The van der Waals surface area contributed by atoms with E-state index in [1.165, 1.54) is 12.1 Å². The average molecular weight is 173 g/mol. The summed E-state index contributed by atoms with van der Waals surface area (Å²) in [5, 5.41) is 0. The summed E-state index contributed by atoms with van der Waals surface area (Å²) < 4.78 is 32.3. The Bertz CT molecular complexity index is 318. The van der Waals surface area contributed by atoms with E-state index < -0.39 is 16.0 Å². The third-order valence-corrected chi connectivity index (χ3v) is 1.80. The van der Waals surface area contributed by atoms with Gasteiger partial charge in [-0.25, -0.2) is 0 Å². The Hall–Kier alpha value is -0.900. The van der Waals surface area contributed by atoms with Crippen LogP contribution in [0.1, 0.15) is 5.56 Å². The maximum absolute atomic E-state index is 12.0. The molecule has 0 aliphatic heterocycles. The first-order valence-electron chi connectivity index (χ1n) is 2.95. The maximum Gasteiger partial charge on any atom is 0.306 e. The molecular formula is C7H6FO2S. The van der Waals surface area contributed by atoms with Gasteiger partial charge in [0.1, 0.15) is 5.75 Å². The molecule has 0 saturated heterocycles. The molecule has 0 unspecified atom stereocenters. The molecule has 0 aromatic heterocycles. The molecule has 1 aromatic carbocycles. The Labute approximate surface area is 64.9 Å². The highest BCUT2D eigenvalue weighted by Gasteiger charge is 2.06. The van der Waals surface area contributed by atoms with Crippen molar-refractivity contribution in [2.45, 2.75) is 5.75 Å². The van der Waals surface area contributed by atoms with Crippen LogP contribution in [0.5, 0.6) is 0 Å². The lowest BCUT2D eigenvalue weighted by atomic mass is 10.2. The highest BCUT2D eigenvalue weighted by Crippen LogP contribution is 2.05. The van der Waals surface area contributed by atoms with Crippen molar-refractivity contribution in [1.29, 1.82) is 0 Å². The Morgan fingerprint density at radius 3 is 2.36 bits per heavy atom. The predicted octanol–water partition coefficient (Wildman–Crippen LogP) is 1.29. The quantitative estimate of drug-likeness (QED) is 0.631. The van der Waals surface area contributed by atoms with E-state index >= 15 is 0 Å². The van der Waals surface area contributed by atoms with E-state index in [0.29, 0.717) is 5.56 Å². The van der Waals surface area contributed by atoms with Crippen LogP contribution in [0.4, 0.5) is 3.89 Å². The minimum absolute atomic E-state index is 0.436. The molecular weight excluding hydrogens is 167 g/mol. The molecule has 0 atom stereocenters. The fraction of sp³-hybridized carbons (Fsp3) is 0.143. The second-order valence-corrected chi connectivity index (χ2v) is 3.46. The summed E-state index contributed by atoms with van der Waals surface area (Å²) >= 11 is 0. The average Bonchev–Trinajstić information content (AvgIpc) is 1.85. The Morgan fingerprint density at radius 2 is 1.91 bits per heavy atom. The lowest BCUT2D eigenvalue weighted by Gasteiger charge is -1.93. The zero-order valence-corrected chi connectivity index (χ0v) is 6.44. The Balaban J connectivity index is 2.82. The van der Waals surface area contributed by atoms with Crippen molar-refractivity contribution < 1.29 is 12.3 Å². The standard InChI is InChI=1S/C7H6FO2S/c8-11(9,10)6-7-4-2-1-3-5-7/h2-5H,6H2. The summed E-state index contributed by atoms with van der Waals surface area (Å²) in [5.41, 5.74) is 0.436. The van der Waals surface area contributed by atoms with Gasteiger partial charge in [-0.15, -0.1) is 3.89 Å². The van der Waals surface area contributed by atoms with Crippen molar-refractivity contribution in [3.63, 3.8) is 0 Å². The molecule has 1 rings (SSSR count). The van der Waals surface area contributed by atoms with E-state index in [-0.39, 0.29) is 0 Å². The summed E-state index contributed by atoms with van der Waals surface area (Å²) in [4.78, 5) is 0. The molecule has 0 heterocycles. The van der Waals surface area contributed by atoms with E-state index in [4.69, 9.17) is 0 Å². The minimum atomic E-state index is -4.39. The highest BCUT2D eigenvalue weighted by atomic mass is 32.3. The number of benzene rings is 1. The zero-order valence-electron chi connectivity index (χ0n) is 5.62. The van der Waals surface area contributed by atoms with Gasteiger partial charge in [0.15, 0.2) is 0 Å². The lowest BCUT2D eigenvalue weighted by molar-refractivity contribution is 0.551. The molecule has 0 aliphatic carbocycles. The molecule has 0 N–H and O–H groups in total. The van der Waals surface area contributed by atoms with Crippen LogP contribution in [0, 0.1) is 6.07 Å². The SMILES string of the molecule is O=S(=O)(F)Cc1cc[c]cc1. The second kappa shape index (κ2) is 3.00. The zero-order chi connectivity index (χ0) is 8.32.